The van der Waals surface area contributed by atoms with Gasteiger partial charge < -0.3 is 9.84 Å². The lowest BCUT2D eigenvalue weighted by atomic mass is 10.0. The summed E-state index contributed by atoms with van der Waals surface area (Å²) in [5.41, 5.74) is 2.35. The number of rotatable bonds is 3. The zero-order valence-electron chi connectivity index (χ0n) is 14.9. The number of nitrogens with zero attached hydrogens (tertiary/aromatic N) is 2. The average Bonchev–Trinajstić information content (AvgIpc) is 2.97. The van der Waals surface area contributed by atoms with Crippen LogP contribution in [0.15, 0.2) is 48.5 Å². The van der Waals surface area contributed by atoms with Crippen molar-refractivity contribution in [3.8, 4) is 5.75 Å². The Labute approximate surface area is 149 Å². The van der Waals surface area contributed by atoms with E-state index in [4.69, 9.17) is 4.74 Å². The number of amidine groups is 1. The molecule has 0 radical (unpaired) electrons. The molecule has 0 aliphatic carbocycles. The number of benzene rings is 2. The first-order valence-corrected chi connectivity index (χ1v) is 8.97. The van der Waals surface area contributed by atoms with Crippen LogP contribution in [0.3, 0.4) is 0 Å². The molecule has 2 aliphatic rings. The van der Waals surface area contributed by atoms with Gasteiger partial charge >= 0.3 is 0 Å². The van der Waals surface area contributed by atoms with Crippen molar-refractivity contribution < 1.29 is 14.4 Å². The number of hydrogen-bond donors (Lipinski definition) is 1. The van der Waals surface area contributed by atoms with Crippen molar-refractivity contribution in [1.82, 2.24) is 0 Å². The summed E-state index contributed by atoms with van der Waals surface area (Å²) in [7, 11) is 1.66. The number of aryl methyl sites for hydroxylation is 1. The van der Waals surface area contributed by atoms with Gasteiger partial charge in [-0.25, -0.2) is 9.48 Å². The third-order valence-electron chi connectivity index (χ3n) is 5.44. The van der Waals surface area contributed by atoms with Gasteiger partial charge in [-0.15, -0.1) is 0 Å². The molecule has 0 fully saturated rings. The zero-order chi connectivity index (χ0) is 17.4. The molecule has 0 unspecified atom stereocenters. The van der Waals surface area contributed by atoms with E-state index in [1.807, 2.05) is 24.3 Å². The molecule has 2 aliphatic heterocycles. The molecule has 0 spiro atoms. The Kier molecular flexibility index (Phi) is 4.00. The Morgan fingerprint density at radius 3 is 2.56 bits per heavy atom. The fourth-order valence-electron chi connectivity index (χ4n) is 4.09. The van der Waals surface area contributed by atoms with Crippen LogP contribution in [0.1, 0.15) is 30.4 Å². The second-order valence-electron chi connectivity index (χ2n) is 6.94. The molecule has 0 aromatic heterocycles. The molecule has 1 atom stereocenters. The number of aliphatic hydroxyl groups is 1. The minimum atomic E-state index is -0.996. The molecule has 4 heteroatoms. The maximum atomic E-state index is 11.7. The van der Waals surface area contributed by atoms with Crippen LogP contribution in [0.5, 0.6) is 5.75 Å². The molecule has 0 saturated carbocycles. The molecule has 25 heavy (non-hydrogen) atoms. The van der Waals surface area contributed by atoms with E-state index in [0.29, 0.717) is 6.54 Å². The molecule has 2 heterocycles. The molecule has 1 N–H and O–H groups in total. The fourth-order valence-corrected chi connectivity index (χ4v) is 4.09. The lowest BCUT2D eigenvalue weighted by Gasteiger charge is -2.24. The normalized spacial score (nSPS) is 22.9. The smallest absolute Gasteiger partial charge is 0.271 e. The van der Waals surface area contributed by atoms with Crippen LogP contribution in [0.25, 0.3) is 0 Å². The van der Waals surface area contributed by atoms with Gasteiger partial charge in [0.1, 0.15) is 11.4 Å². The zero-order valence-corrected chi connectivity index (χ0v) is 14.9. The predicted octanol–water partition coefficient (Wildman–Crippen LogP) is 3.26. The van der Waals surface area contributed by atoms with Gasteiger partial charge in [-0.3, -0.25) is 0 Å². The lowest BCUT2D eigenvalue weighted by Crippen LogP contribution is -2.41. The topological polar surface area (TPSA) is 35.7 Å². The van der Waals surface area contributed by atoms with E-state index >= 15 is 0 Å². The summed E-state index contributed by atoms with van der Waals surface area (Å²) in [6.07, 6.45) is 3.29. The molecule has 0 bridgehead atoms. The fraction of sp³-hybridized carbons (Fsp3) is 0.381. The molecular weight excluding hydrogens is 312 g/mol. The van der Waals surface area contributed by atoms with Gasteiger partial charge in [-0.1, -0.05) is 18.2 Å². The van der Waals surface area contributed by atoms with Crippen LogP contribution in [0.2, 0.25) is 0 Å². The van der Waals surface area contributed by atoms with E-state index in [-0.39, 0.29) is 0 Å². The van der Waals surface area contributed by atoms with Crippen LogP contribution >= 0.6 is 0 Å². The van der Waals surface area contributed by atoms with Crippen molar-refractivity contribution in [3.05, 3.63) is 59.7 Å². The first kappa shape index (κ1) is 16.2. The van der Waals surface area contributed by atoms with Crippen molar-refractivity contribution in [3.63, 3.8) is 0 Å². The lowest BCUT2D eigenvalue weighted by molar-refractivity contribution is -0.661. The molecule has 0 saturated heterocycles. The van der Waals surface area contributed by atoms with E-state index in [1.54, 1.807) is 7.11 Å². The van der Waals surface area contributed by atoms with Gasteiger partial charge in [-0.2, -0.15) is 0 Å². The minimum absolute atomic E-state index is 0.555. The van der Waals surface area contributed by atoms with Crippen LogP contribution < -0.4 is 9.64 Å². The molecule has 4 rings (SSSR count). The summed E-state index contributed by atoms with van der Waals surface area (Å²) in [5, 5.41) is 11.7. The highest BCUT2D eigenvalue weighted by molar-refractivity contribution is 5.96. The third kappa shape index (κ3) is 2.61. The van der Waals surface area contributed by atoms with Crippen LogP contribution in [-0.4, -0.2) is 35.7 Å². The number of methoxy groups -OCH3 is 1. The predicted molar refractivity (Wildman–Crippen MR) is 99.4 cm³/mol. The second kappa shape index (κ2) is 6.19. The molecule has 4 nitrogen and oxygen atoms in total. The number of hydrogen-bond acceptors (Lipinski definition) is 3. The van der Waals surface area contributed by atoms with Crippen LogP contribution in [0, 0.1) is 6.92 Å². The van der Waals surface area contributed by atoms with Gasteiger partial charge in [0, 0.05) is 12.0 Å². The van der Waals surface area contributed by atoms with Crippen molar-refractivity contribution in [2.24, 2.45) is 0 Å². The van der Waals surface area contributed by atoms with Crippen LogP contribution in [-0.2, 0) is 5.72 Å². The monoisotopic (exact) mass is 337 g/mol. The van der Waals surface area contributed by atoms with E-state index in [2.05, 4.69) is 40.7 Å². The number of anilines is 1. The highest BCUT2D eigenvalue weighted by Gasteiger charge is 2.52. The van der Waals surface area contributed by atoms with Gasteiger partial charge in [0.05, 0.1) is 13.7 Å². The first-order chi connectivity index (χ1) is 12.1. The molecular formula is C21H25N2O2+. The van der Waals surface area contributed by atoms with Gasteiger partial charge in [-0.05, 0) is 55.7 Å². The number of para-hydroxylation sites is 1. The van der Waals surface area contributed by atoms with Crippen molar-refractivity contribution in [2.75, 3.05) is 25.1 Å². The minimum Gasteiger partial charge on any atom is -0.497 e. The Morgan fingerprint density at radius 2 is 1.84 bits per heavy atom. The highest BCUT2D eigenvalue weighted by atomic mass is 16.5. The van der Waals surface area contributed by atoms with Gasteiger partial charge in [0.25, 0.3) is 11.6 Å². The van der Waals surface area contributed by atoms with Crippen molar-refractivity contribution in [1.29, 1.82) is 0 Å². The van der Waals surface area contributed by atoms with E-state index in [0.717, 1.165) is 30.7 Å². The largest absolute Gasteiger partial charge is 0.497 e. The Balaban J connectivity index is 1.79. The highest BCUT2D eigenvalue weighted by Crippen LogP contribution is 2.37. The Morgan fingerprint density at radius 1 is 1.08 bits per heavy atom. The second-order valence-corrected chi connectivity index (χ2v) is 6.94. The molecule has 2 aromatic carbocycles. The molecule has 2 aromatic rings. The number of β-amino-alcohol motifs (C(OH)–C–C–N with tert-alkyl or cyclic N) is 1. The van der Waals surface area contributed by atoms with Gasteiger partial charge in [0.2, 0.25) is 0 Å². The van der Waals surface area contributed by atoms with E-state index < -0.39 is 5.72 Å². The maximum Gasteiger partial charge on any atom is 0.271 e. The molecule has 130 valence electrons. The standard InChI is InChI=1S/C21H25N2O2/c1-16-7-3-4-8-19(16)22-15-21(24,23-14-6-5-9-20(22)23)17-10-12-18(25-2)13-11-17/h3-4,7-8,10-13,24H,5-6,9,14-15H2,1-2H3/q+1/t21-/m1/s1. The number of ether oxygens (including phenoxy) is 1. The third-order valence-corrected chi connectivity index (χ3v) is 5.44. The summed E-state index contributed by atoms with van der Waals surface area (Å²) >= 11 is 0. The summed E-state index contributed by atoms with van der Waals surface area (Å²) in [5.74, 6) is 2.04. The van der Waals surface area contributed by atoms with Crippen molar-refractivity contribution >= 4 is 11.5 Å². The maximum absolute atomic E-state index is 11.7. The van der Waals surface area contributed by atoms with E-state index in [1.165, 1.54) is 23.5 Å². The van der Waals surface area contributed by atoms with Crippen LogP contribution in [0.4, 0.5) is 5.69 Å². The Bertz CT molecular complexity index is 813. The summed E-state index contributed by atoms with van der Waals surface area (Å²) < 4.78 is 7.47. The summed E-state index contributed by atoms with van der Waals surface area (Å²) in [6, 6.07) is 16.2. The van der Waals surface area contributed by atoms with Crippen molar-refractivity contribution in [2.45, 2.75) is 31.9 Å². The molecule has 0 amide bonds. The quantitative estimate of drug-likeness (QED) is 0.873. The summed E-state index contributed by atoms with van der Waals surface area (Å²) in [6.45, 7) is 3.58. The Hall–Kier alpha value is -2.33. The SMILES string of the molecule is COc1ccc([C@]2(O)CN(c3ccccc3C)C3=[N+]2CCCC3)cc1. The summed E-state index contributed by atoms with van der Waals surface area (Å²) in [4.78, 5) is 2.30. The van der Waals surface area contributed by atoms with E-state index in [9.17, 15) is 5.11 Å². The van der Waals surface area contributed by atoms with Gasteiger partial charge in [0.15, 0.2) is 6.54 Å². The average molecular weight is 337 g/mol. The first-order valence-electron chi connectivity index (χ1n) is 8.97.